The number of carbonyl (C=O) groups is 1. The zero-order chi connectivity index (χ0) is 11.5. The second kappa shape index (κ2) is 4.22. The maximum absolute atomic E-state index is 10.8. The highest BCUT2D eigenvalue weighted by atomic mass is 16.3. The van der Waals surface area contributed by atoms with Crippen LogP contribution in [0.5, 0.6) is 0 Å². The Morgan fingerprint density at radius 1 is 1.73 bits per heavy atom. The van der Waals surface area contributed by atoms with E-state index >= 15 is 0 Å². The Morgan fingerprint density at radius 2 is 2.40 bits per heavy atom. The van der Waals surface area contributed by atoms with Gasteiger partial charge in [-0.25, -0.2) is 4.98 Å². The molecule has 0 radical (unpaired) electrons. The molecule has 0 saturated carbocycles. The molecule has 82 valence electrons. The van der Waals surface area contributed by atoms with Gasteiger partial charge < -0.3 is 10.4 Å². The van der Waals surface area contributed by atoms with E-state index < -0.39 is 5.60 Å². The quantitative estimate of drug-likeness (QED) is 0.602. The van der Waals surface area contributed by atoms with Gasteiger partial charge in [0, 0.05) is 0 Å². The minimum atomic E-state index is -1.09. The van der Waals surface area contributed by atoms with Crippen LogP contribution in [0.25, 0.3) is 0 Å². The fourth-order valence-electron chi connectivity index (χ4n) is 0.891. The molecule has 0 aliphatic rings. The molecule has 0 aromatic carbocycles. The zero-order valence-electron chi connectivity index (χ0n) is 8.74. The molecular formula is C9H14N4O2. The van der Waals surface area contributed by atoms with Crippen LogP contribution in [0.4, 0.5) is 0 Å². The summed E-state index contributed by atoms with van der Waals surface area (Å²) in [5, 5.41) is 18.6. The predicted octanol–water partition coefficient (Wildman–Crippen LogP) is -0.166. The van der Waals surface area contributed by atoms with Crippen molar-refractivity contribution in [2.24, 2.45) is 0 Å². The number of hydrogen-bond donors (Lipinski definition) is 3. The number of aromatic amines is 1. The third-order valence-corrected chi connectivity index (χ3v) is 1.69. The topological polar surface area (TPSA) is 90.9 Å². The second-order valence-corrected chi connectivity index (χ2v) is 3.59. The van der Waals surface area contributed by atoms with E-state index in [0.29, 0.717) is 11.6 Å². The lowest BCUT2D eigenvalue weighted by molar-refractivity contribution is -0.116. The molecule has 1 amide bonds. The van der Waals surface area contributed by atoms with E-state index in [1.165, 1.54) is 6.08 Å². The van der Waals surface area contributed by atoms with Crippen LogP contribution in [0, 0.1) is 0 Å². The van der Waals surface area contributed by atoms with Gasteiger partial charge in [-0.1, -0.05) is 6.58 Å². The molecule has 0 bridgehead atoms. The van der Waals surface area contributed by atoms with Crippen LogP contribution < -0.4 is 5.32 Å². The first-order valence-corrected chi connectivity index (χ1v) is 4.48. The van der Waals surface area contributed by atoms with Gasteiger partial charge in [0.2, 0.25) is 5.91 Å². The standard InChI is InChI=1S/C9H14N4O2/c1-4-7(14)10-5-6-11-8(13-12-6)9(2,3)15/h4,15H,1,5H2,2-3H3,(H,10,14)(H,11,12,13). The Kier molecular flexibility index (Phi) is 3.21. The van der Waals surface area contributed by atoms with Gasteiger partial charge in [-0.15, -0.1) is 0 Å². The van der Waals surface area contributed by atoms with Crippen LogP contribution in [0.2, 0.25) is 0 Å². The molecule has 0 unspecified atom stereocenters. The van der Waals surface area contributed by atoms with Gasteiger partial charge in [0.25, 0.3) is 0 Å². The second-order valence-electron chi connectivity index (χ2n) is 3.59. The van der Waals surface area contributed by atoms with E-state index in [1.54, 1.807) is 13.8 Å². The van der Waals surface area contributed by atoms with Gasteiger partial charge in [-0.2, -0.15) is 5.10 Å². The van der Waals surface area contributed by atoms with Gasteiger partial charge in [0.15, 0.2) is 5.82 Å². The Hall–Kier alpha value is -1.69. The van der Waals surface area contributed by atoms with Crippen molar-refractivity contribution >= 4 is 5.91 Å². The molecule has 1 rings (SSSR count). The van der Waals surface area contributed by atoms with Crippen LogP contribution in [0.3, 0.4) is 0 Å². The summed E-state index contributed by atoms with van der Waals surface area (Å²) < 4.78 is 0. The number of aromatic nitrogens is 3. The van der Waals surface area contributed by atoms with Crippen LogP contribution in [0.15, 0.2) is 12.7 Å². The molecule has 0 fully saturated rings. The average Bonchev–Trinajstić information content (AvgIpc) is 2.61. The molecule has 15 heavy (non-hydrogen) atoms. The van der Waals surface area contributed by atoms with Crippen molar-refractivity contribution in [2.45, 2.75) is 26.0 Å². The lowest BCUT2D eigenvalue weighted by Gasteiger charge is -2.10. The Balaban J connectivity index is 2.61. The average molecular weight is 210 g/mol. The fraction of sp³-hybridized carbons (Fsp3) is 0.444. The number of nitrogens with zero attached hydrogens (tertiary/aromatic N) is 2. The van der Waals surface area contributed by atoms with Crippen molar-refractivity contribution in [3.63, 3.8) is 0 Å². The summed E-state index contributed by atoms with van der Waals surface area (Å²) in [6.45, 7) is 6.72. The lowest BCUT2D eigenvalue weighted by Crippen LogP contribution is -2.21. The third kappa shape index (κ3) is 3.17. The van der Waals surface area contributed by atoms with E-state index in [9.17, 15) is 9.90 Å². The van der Waals surface area contributed by atoms with Gasteiger partial charge in [-0.3, -0.25) is 9.89 Å². The van der Waals surface area contributed by atoms with Gasteiger partial charge in [0.1, 0.15) is 11.4 Å². The van der Waals surface area contributed by atoms with Crippen molar-refractivity contribution < 1.29 is 9.90 Å². The highest BCUT2D eigenvalue weighted by Gasteiger charge is 2.21. The first-order valence-electron chi connectivity index (χ1n) is 4.48. The summed E-state index contributed by atoms with van der Waals surface area (Å²) in [7, 11) is 0. The first-order chi connectivity index (χ1) is 6.93. The molecule has 0 aliphatic heterocycles. The predicted molar refractivity (Wildman–Crippen MR) is 53.7 cm³/mol. The number of H-pyrrole nitrogens is 1. The highest BCUT2D eigenvalue weighted by molar-refractivity contribution is 5.86. The lowest BCUT2D eigenvalue weighted by atomic mass is 10.1. The van der Waals surface area contributed by atoms with Crippen molar-refractivity contribution in [3.8, 4) is 0 Å². The molecule has 6 heteroatoms. The number of carbonyl (C=O) groups excluding carboxylic acids is 1. The number of amides is 1. The molecule has 0 aliphatic carbocycles. The van der Waals surface area contributed by atoms with Gasteiger partial charge in [0.05, 0.1) is 6.54 Å². The van der Waals surface area contributed by atoms with E-state index in [-0.39, 0.29) is 12.5 Å². The smallest absolute Gasteiger partial charge is 0.243 e. The van der Waals surface area contributed by atoms with E-state index in [1.807, 2.05) is 0 Å². The fourth-order valence-corrected chi connectivity index (χ4v) is 0.891. The SMILES string of the molecule is C=CC(=O)NCc1nc(C(C)(C)O)n[nH]1. The van der Waals surface area contributed by atoms with Crippen LogP contribution in [-0.4, -0.2) is 26.2 Å². The van der Waals surface area contributed by atoms with Gasteiger partial charge >= 0.3 is 0 Å². The monoisotopic (exact) mass is 210 g/mol. The van der Waals surface area contributed by atoms with E-state index in [2.05, 4.69) is 27.1 Å². The number of rotatable bonds is 4. The Labute approximate surface area is 87.4 Å². The highest BCUT2D eigenvalue weighted by Crippen LogP contribution is 2.13. The molecular weight excluding hydrogens is 196 g/mol. The molecule has 0 saturated heterocycles. The summed E-state index contributed by atoms with van der Waals surface area (Å²) >= 11 is 0. The summed E-state index contributed by atoms with van der Waals surface area (Å²) in [6, 6.07) is 0. The zero-order valence-corrected chi connectivity index (χ0v) is 8.74. The van der Waals surface area contributed by atoms with E-state index in [0.717, 1.165) is 0 Å². The van der Waals surface area contributed by atoms with Crippen molar-refractivity contribution in [3.05, 3.63) is 24.3 Å². The van der Waals surface area contributed by atoms with Crippen LogP contribution >= 0.6 is 0 Å². The Morgan fingerprint density at radius 3 is 2.87 bits per heavy atom. The third-order valence-electron chi connectivity index (χ3n) is 1.69. The summed E-state index contributed by atoms with van der Waals surface area (Å²) in [5.74, 6) is 0.504. The minimum absolute atomic E-state index is 0.230. The molecule has 1 aromatic rings. The molecule has 0 atom stereocenters. The van der Waals surface area contributed by atoms with Gasteiger partial charge in [-0.05, 0) is 19.9 Å². The minimum Gasteiger partial charge on any atom is -0.382 e. The van der Waals surface area contributed by atoms with Crippen LogP contribution in [0.1, 0.15) is 25.5 Å². The number of hydrogen-bond acceptors (Lipinski definition) is 4. The molecule has 1 aromatic heterocycles. The maximum Gasteiger partial charge on any atom is 0.243 e. The van der Waals surface area contributed by atoms with E-state index in [4.69, 9.17) is 0 Å². The van der Waals surface area contributed by atoms with Crippen molar-refractivity contribution in [1.82, 2.24) is 20.5 Å². The Bertz CT molecular complexity index is 364. The number of aliphatic hydroxyl groups is 1. The van der Waals surface area contributed by atoms with Crippen molar-refractivity contribution in [2.75, 3.05) is 0 Å². The normalized spacial score (nSPS) is 11.1. The molecule has 3 N–H and O–H groups in total. The largest absolute Gasteiger partial charge is 0.382 e. The summed E-state index contributed by atoms with van der Waals surface area (Å²) in [4.78, 5) is 14.9. The molecule has 0 spiro atoms. The number of nitrogens with one attached hydrogen (secondary N) is 2. The maximum atomic E-state index is 10.8. The van der Waals surface area contributed by atoms with Crippen LogP contribution in [-0.2, 0) is 16.9 Å². The molecule has 1 heterocycles. The molecule has 6 nitrogen and oxygen atoms in total. The first kappa shape index (κ1) is 11.4. The summed E-state index contributed by atoms with van der Waals surface area (Å²) in [5.41, 5.74) is -1.09. The summed E-state index contributed by atoms with van der Waals surface area (Å²) in [6.07, 6.45) is 1.17. The van der Waals surface area contributed by atoms with Crippen molar-refractivity contribution in [1.29, 1.82) is 0 Å².